The average molecular weight is 301 g/mol. The summed E-state index contributed by atoms with van der Waals surface area (Å²) in [6, 6.07) is 13.9. The molecular weight excluding hydrogens is 288 g/mol. The second kappa shape index (κ2) is 6.78. The van der Waals surface area contributed by atoms with Gasteiger partial charge in [0.1, 0.15) is 5.75 Å². The fourth-order valence-corrected chi connectivity index (χ4v) is 1.82. The van der Waals surface area contributed by atoms with E-state index in [4.69, 9.17) is 21.6 Å². The third-order valence-corrected chi connectivity index (χ3v) is 3.08. The number of aryl methyl sites for hydroxylation is 1. The molecule has 0 radical (unpaired) electrons. The first-order valence-corrected chi connectivity index (χ1v) is 6.65. The normalized spacial score (nSPS) is 9.76. The lowest BCUT2D eigenvalue weighted by Gasteiger charge is -2.10. The van der Waals surface area contributed by atoms with Crippen molar-refractivity contribution >= 4 is 23.2 Å². The predicted molar refractivity (Wildman–Crippen MR) is 81.5 cm³/mol. The third kappa shape index (κ3) is 4.23. The molecule has 0 aliphatic heterocycles. The fraction of sp³-hybridized carbons (Fsp3) is 0.125. The van der Waals surface area contributed by atoms with Gasteiger partial charge in [0.25, 0.3) is 5.91 Å². The second-order valence-electron chi connectivity index (χ2n) is 4.43. The average Bonchev–Trinajstić information content (AvgIpc) is 2.49. The highest BCUT2D eigenvalue weighted by molar-refractivity contribution is 6.30. The number of carbonyl (C=O) groups excluding carboxylic acids is 1. The van der Waals surface area contributed by atoms with E-state index in [1.165, 1.54) is 0 Å². The number of rotatable bonds is 4. The van der Waals surface area contributed by atoms with Gasteiger partial charge in [-0.3, -0.25) is 4.79 Å². The van der Waals surface area contributed by atoms with Crippen LogP contribution in [0, 0.1) is 18.3 Å². The lowest BCUT2D eigenvalue weighted by molar-refractivity contribution is -0.118. The van der Waals surface area contributed by atoms with Crippen LogP contribution in [0.25, 0.3) is 0 Å². The van der Waals surface area contributed by atoms with E-state index in [1.54, 1.807) is 42.5 Å². The zero-order chi connectivity index (χ0) is 15.2. The van der Waals surface area contributed by atoms with Gasteiger partial charge in [-0.1, -0.05) is 17.7 Å². The molecule has 0 heterocycles. The van der Waals surface area contributed by atoms with Crippen LogP contribution in [0.1, 0.15) is 11.1 Å². The Hall–Kier alpha value is -2.51. The van der Waals surface area contributed by atoms with Crippen LogP contribution in [-0.2, 0) is 4.79 Å². The van der Waals surface area contributed by atoms with Gasteiger partial charge in [0, 0.05) is 10.7 Å². The molecule has 0 bridgehead atoms. The van der Waals surface area contributed by atoms with Crippen LogP contribution in [0.4, 0.5) is 5.69 Å². The first-order valence-electron chi connectivity index (χ1n) is 6.27. The molecule has 0 unspecified atom stereocenters. The van der Waals surface area contributed by atoms with Crippen molar-refractivity contribution in [1.29, 1.82) is 5.26 Å². The van der Waals surface area contributed by atoms with Gasteiger partial charge in [-0.25, -0.2) is 0 Å². The minimum absolute atomic E-state index is 0.113. The maximum absolute atomic E-state index is 11.9. The van der Waals surface area contributed by atoms with E-state index in [2.05, 4.69) is 5.32 Å². The molecule has 0 fully saturated rings. The van der Waals surface area contributed by atoms with Gasteiger partial charge < -0.3 is 10.1 Å². The number of amides is 1. The fourth-order valence-electron chi connectivity index (χ4n) is 1.69. The van der Waals surface area contributed by atoms with Crippen LogP contribution >= 0.6 is 11.6 Å². The molecule has 4 nitrogen and oxygen atoms in total. The maximum atomic E-state index is 11.9. The molecule has 0 saturated carbocycles. The molecule has 0 aliphatic carbocycles. The van der Waals surface area contributed by atoms with Gasteiger partial charge in [-0.15, -0.1) is 0 Å². The van der Waals surface area contributed by atoms with Crippen molar-refractivity contribution in [3.63, 3.8) is 0 Å². The summed E-state index contributed by atoms with van der Waals surface area (Å²) in [5.41, 5.74) is 1.99. The first kappa shape index (κ1) is 14.9. The smallest absolute Gasteiger partial charge is 0.262 e. The summed E-state index contributed by atoms with van der Waals surface area (Å²) in [4.78, 5) is 11.9. The third-order valence-electron chi connectivity index (χ3n) is 2.82. The van der Waals surface area contributed by atoms with Gasteiger partial charge in [0.05, 0.1) is 11.6 Å². The van der Waals surface area contributed by atoms with E-state index < -0.39 is 0 Å². The summed E-state index contributed by atoms with van der Waals surface area (Å²) in [7, 11) is 0. The highest BCUT2D eigenvalue weighted by Crippen LogP contribution is 2.17. The van der Waals surface area contributed by atoms with Crippen molar-refractivity contribution in [3.05, 3.63) is 58.6 Å². The standard InChI is InChI=1S/C16H13ClN2O2/c1-11-2-3-12(9-18)8-15(11)19-16(20)10-21-14-6-4-13(17)5-7-14/h2-8H,10H2,1H3,(H,19,20). The lowest BCUT2D eigenvalue weighted by atomic mass is 10.1. The Morgan fingerprint density at radius 3 is 2.67 bits per heavy atom. The molecule has 21 heavy (non-hydrogen) atoms. The lowest BCUT2D eigenvalue weighted by Crippen LogP contribution is -2.20. The van der Waals surface area contributed by atoms with E-state index in [1.807, 2.05) is 13.0 Å². The molecule has 1 amide bonds. The number of nitrogens with one attached hydrogen (secondary N) is 1. The minimum atomic E-state index is -0.289. The molecule has 0 aromatic heterocycles. The Labute approximate surface area is 127 Å². The summed E-state index contributed by atoms with van der Waals surface area (Å²) in [6.07, 6.45) is 0. The molecule has 2 aromatic rings. The van der Waals surface area contributed by atoms with E-state index in [-0.39, 0.29) is 12.5 Å². The minimum Gasteiger partial charge on any atom is -0.484 e. The van der Waals surface area contributed by atoms with E-state index >= 15 is 0 Å². The number of benzene rings is 2. The van der Waals surface area contributed by atoms with Crippen LogP contribution in [0.15, 0.2) is 42.5 Å². The number of carbonyl (C=O) groups is 1. The summed E-state index contributed by atoms with van der Waals surface area (Å²) in [5.74, 6) is 0.278. The van der Waals surface area contributed by atoms with Crippen molar-refractivity contribution in [3.8, 4) is 11.8 Å². The summed E-state index contributed by atoms with van der Waals surface area (Å²) < 4.78 is 5.36. The summed E-state index contributed by atoms with van der Waals surface area (Å²) >= 11 is 5.77. The van der Waals surface area contributed by atoms with Crippen molar-refractivity contribution in [2.24, 2.45) is 0 Å². The Balaban J connectivity index is 1.96. The highest BCUT2D eigenvalue weighted by Gasteiger charge is 2.07. The summed E-state index contributed by atoms with van der Waals surface area (Å²) in [6.45, 7) is 1.74. The van der Waals surface area contributed by atoms with Gasteiger partial charge in [0.2, 0.25) is 0 Å². The molecule has 1 N–H and O–H groups in total. The number of hydrogen-bond acceptors (Lipinski definition) is 3. The van der Waals surface area contributed by atoms with Gasteiger partial charge >= 0.3 is 0 Å². The van der Waals surface area contributed by atoms with Crippen molar-refractivity contribution in [2.75, 3.05) is 11.9 Å². The predicted octanol–water partition coefficient (Wildman–Crippen LogP) is 3.54. The molecule has 0 saturated heterocycles. The highest BCUT2D eigenvalue weighted by atomic mass is 35.5. The Morgan fingerprint density at radius 2 is 2.00 bits per heavy atom. The molecule has 0 aliphatic rings. The van der Waals surface area contributed by atoms with Gasteiger partial charge in [-0.05, 0) is 48.9 Å². The van der Waals surface area contributed by atoms with Gasteiger partial charge in [-0.2, -0.15) is 5.26 Å². The van der Waals surface area contributed by atoms with Crippen molar-refractivity contribution in [2.45, 2.75) is 6.92 Å². The molecule has 0 spiro atoms. The van der Waals surface area contributed by atoms with Crippen molar-refractivity contribution < 1.29 is 9.53 Å². The SMILES string of the molecule is Cc1ccc(C#N)cc1NC(=O)COc1ccc(Cl)cc1. The van der Waals surface area contributed by atoms with Crippen LogP contribution in [-0.4, -0.2) is 12.5 Å². The van der Waals surface area contributed by atoms with E-state index in [0.717, 1.165) is 5.56 Å². The van der Waals surface area contributed by atoms with Crippen LogP contribution in [0.2, 0.25) is 5.02 Å². The Morgan fingerprint density at radius 1 is 1.29 bits per heavy atom. The monoisotopic (exact) mass is 300 g/mol. The van der Waals surface area contributed by atoms with E-state index in [9.17, 15) is 4.79 Å². The zero-order valence-corrected chi connectivity index (χ0v) is 12.1. The van der Waals surface area contributed by atoms with Crippen molar-refractivity contribution in [1.82, 2.24) is 0 Å². The number of nitriles is 1. The molecular formula is C16H13ClN2O2. The van der Waals surface area contributed by atoms with Crippen LogP contribution in [0.3, 0.4) is 0 Å². The quantitative estimate of drug-likeness (QED) is 0.939. The van der Waals surface area contributed by atoms with Gasteiger partial charge in [0.15, 0.2) is 6.61 Å². The molecule has 2 rings (SSSR count). The number of anilines is 1. The number of hydrogen-bond donors (Lipinski definition) is 1. The molecule has 5 heteroatoms. The van der Waals surface area contributed by atoms with E-state index in [0.29, 0.717) is 22.0 Å². The maximum Gasteiger partial charge on any atom is 0.262 e. The Kier molecular flexibility index (Phi) is 4.81. The Bertz CT molecular complexity index is 690. The molecule has 0 atom stereocenters. The van der Waals surface area contributed by atoms with Crippen LogP contribution < -0.4 is 10.1 Å². The summed E-state index contributed by atoms with van der Waals surface area (Å²) in [5, 5.41) is 12.2. The zero-order valence-electron chi connectivity index (χ0n) is 11.4. The molecule has 106 valence electrons. The molecule has 2 aromatic carbocycles. The topological polar surface area (TPSA) is 62.1 Å². The first-order chi connectivity index (χ1) is 10.1. The second-order valence-corrected chi connectivity index (χ2v) is 4.87. The largest absolute Gasteiger partial charge is 0.484 e. The number of ether oxygens (including phenoxy) is 1. The number of nitrogens with zero attached hydrogens (tertiary/aromatic N) is 1. The number of halogens is 1. The van der Waals surface area contributed by atoms with Crippen LogP contribution in [0.5, 0.6) is 5.75 Å².